The molecule has 1 saturated heterocycles. The molecule has 0 radical (unpaired) electrons. The number of carbonyl (C=O) groups is 1. The van der Waals surface area contributed by atoms with Crippen molar-refractivity contribution >= 4 is 35.8 Å². The van der Waals surface area contributed by atoms with Crippen LogP contribution in [0.4, 0.5) is 4.39 Å². The topological polar surface area (TPSA) is 77.8 Å². The zero-order valence-electron chi connectivity index (χ0n) is 18.9. The molecule has 1 fully saturated rings. The Hall–Kier alpha value is -2.21. The summed E-state index contributed by atoms with van der Waals surface area (Å²) in [4.78, 5) is 20.6. The van der Waals surface area contributed by atoms with Crippen molar-refractivity contribution in [1.82, 2.24) is 30.2 Å². The molecule has 1 unspecified atom stereocenters. The van der Waals surface area contributed by atoms with E-state index in [2.05, 4.69) is 32.5 Å². The summed E-state index contributed by atoms with van der Waals surface area (Å²) in [5.74, 6) is 0.291. The highest BCUT2D eigenvalue weighted by molar-refractivity contribution is 14.0. The van der Waals surface area contributed by atoms with E-state index in [4.69, 9.17) is 0 Å². The van der Waals surface area contributed by atoms with Crippen LogP contribution in [0, 0.1) is 5.82 Å². The van der Waals surface area contributed by atoms with Crippen LogP contribution in [0.25, 0.3) is 5.69 Å². The molecule has 0 saturated carbocycles. The smallest absolute Gasteiger partial charge is 0.241 e. The Labute approximate surface area is 206 Å². The van der Waals surface area contributed by atoms with Crippen LogP contribution in [0.5, 0.6) is 0 Å². The first-order valence-corrected chi connectivity index (χ1v) is 10.7. The zero-order valence-corrected chi connectivity index (χ0v) is 21.3. The minimum absolute atomic E-state index is 0. The van der Waals surface area contributed by atoms with Crippen LogP contribution in [0.3, 0.4) is 0 Å². The van der Waals surface area contributed by atoms with Crippen LogP contribution in [0.15, 0.2) is 41.5 Å². The second-order valence-corrected chi connectivity index (χ2v) is 7.84. The van der Waals surface area contributed by atoms with Gasteiger partial charge in [0.05, 0.1) is 24.5 Å². The number of aromatic nitrogens is 2. The summed E-state index contributed by atoms with van der Waals surface area (Å²) in [6.07, 6.45) is 4.19. The molecular formula is C22H33FIN7O. The SMILES string of the molecule is CCN1CCCC1CNC(=NCc1ccn(-c2ccc(F)cc2)n1)NCC(=O)N(C)C.I. The molecular weight excluding hydrogens is 524 g/mol. The monoisotopic (exact) mass is 557 g/mol. The lowest BCUT2D eigenvalue weighted by Gasteiger charge is -2.24. The summed E-state index contributed by atoms with van der Waals surface area (Å²) in [6.45, 7) is 5.65. The number of nitrogens with one attached hydrogen (secondary N) is 2. The predicted octanol–water partition coefficient (Wildman–Crippen LogP) is 2.24. The highest BCUT2D eigenvalue weighted by Crippen LogP contribution is 2.15. The lowest BCUT2D eigenvalue weighted by Crippen LogP contribution is -2.47. The Morgan fingerprint density at radius 1 is 1.25 bits per heavy atom. The zero-order chi connectivity index (χ0) is 22.2. The fourth-order valence-electron chi connectivity index (χ4n) is 3.59. The fraction of sp³-hybridized carbons (Fsp3) is 0.500. The first-order valence-electron chi connectivity index (χ1n) is 10.7. The van der Waals surface area contributed by atoms with Gasteiger partial charge in [-0.3, -0.25) is 9.69 Å². The molecule has 2 aromatic rings. The van der Waals surface area contributed by atoms with E-state index >= 15 is 0 Å². The molecule has 1 amide bonds. The van der Waals surface area contributed by atoms with Gasteiger partial charge in [-0.25, -0.2) is 14.1 Å². The number of guanidine groups is 1. The summed E-state index contributed by atoms with van der Waals surface area (Å²) in [5, 5.41) is 11.0. The van der Waals surface area contributed by atoms with E-state index in [1.54, 1.807) is 35.8 Å². The molecule has 1 aromatic heterocycles. The van der Waals surface area contributed by atoms with Gasteiger partial charge in [-0.2, -0.15) is 5.10 Å². The number of carbonyl (C=O) groups excluding carboxylic acids is 1. The molecule has 0 spiro atoms. The molecule has 8 nitrogen and oxygen atoms in total. The van der Waals surface area contributed by atoms with Crippen LogP contribution >= 0.6 is 24.0 Å². The molecule has 2 N–H and O–H groups in total. The van der Waals surface area contributed by atoms with Crippen LogP contribution < -0.4 is 10.6 Å². The van der Waals surface area contributed by atoms with Crippen molar-refractivity contribution in [3.8, 4) is 5.69 Å². The maximum absolute atomic E-state index is 13.1. The number of halogens is 2. The van der Waals surface area contributed by atoms with Gasteiger partial charge < -0.3 is 15.5 Å². The largest absolute Gasteiger partial charge is 0.355 e. The van der Waals surface area contributed by atoms with E-state index in [1.165, 1.54) is 18.6 Å². The molecule has 1 aliphatic rings. The van der Waals surface area contributed by atoms with E-state index in [-0.39, 0.29) is 42.2 Å². The van der Waals surface area contributed by atoms with Crippen molar-refractivity contribution in [2.24, 2.45) is 4.99 Å². The third kappa shape index (κ3) is 7.44. The van der Waals surface area contributed by atoms with Crippen molar-refractivity contribution in [2.45, 2.75) is 32.4 Å². The molecule has 2 heterocycles. The van der Waals surface area contributed by atoms with Crippen molar-refractivity contribution in [1.29, 1.82) is 0 Å². The molecule has 32 heavy (non-hydrogen) atoms. The number of likely N-dealkylation sites (tertiary alicyclic amines) is 1. The minimum Gasteiger partial charge on any atom is -0.355 e. The highest BCUT2D eigenvalue weighted by atomic mass is 127. The van der Waals surface area contributed by atoms with Crippen molar-refractivity contribution in [3.63, 3.8) is 0 Å². The van der Waals surface area contributed by atoms with Gasteiger partial charge in [-0.15, -0.1) is 24.0 Å². The van der Waals surface area contributed by atoms with Gasteiger partial charge in [0, 0.05) is 32.9 Å². The highest BCUT2D eigenvalue weighted by Gasteiger charge is 2.23. The van der Waals surface area contributed by atoms with E-state index in [0.717, 1.165) is 37.4 Å². The Morgan fingerprint density at radius 3 is 2.69 bits per heavy atom. The van der Waals surface area contributed by atoms with Crippen molar-refractivity contribution in [2.75, 3.05) is 40.3 Å². The van der Waals surface area contributed by atoms with Gasteiger partial charge in [-0.1, -0.05) is 6.92 Å². The van der Waals surface area contributed by atoms with Crippen LogP contribution in [0.2, 0.25) is 0 Å². The summed E-state index contributed by atoms with van der Waals surface area (Å²) >= 11 is 0. The predicted molar refractivity (Wildman–Crippen MR) is 135 cm³/mol. The third-order valence-electron chi connectivity index (χ3n) is 5.45. The Balaban J connectivity index is 0.00000363. The summed E-state index contributed by atoms with van der Waals surface area (Å²) in [7, 11) is 3.46. The number of rotatable bonds is 8. The number of benzene rings is 1. The summed E-state index contributed by atoms with van der Waals surface area (Å²) in [6, 6.07) is 8.52. The van der Waals surface area contributed by atoms with Crippen LogP contribution in [0.1, 0.15) is 25.5 Å². The van der Waals surface area contributed by atoms with Gasteiger partial charge in [0.15, 0.2) is 5.96 Å². The first kappa shape index (κ1) is 26.0. The second-order valence-electron chi connectivity index (χ2n) is 7.84. The molecule has 3 rings (SSSR count). The van der Waals surface area contributed by atoms with Gasteiger partial charge >= 0.3 is 0 Å². The number of aliphatic imine (C=N–C) groups is 1. The second kappa shape index (κ2) is 12.7. The minimum atomic E-state index is -0.279. The average molecular weight is 557 g/mol. The molecule has 176 valence electrons. The maximum atomic E-state index is 13.1. The third-order valence-corrected chi connectivity index (χ3v) is 5.45. The average Bonchev–Trinajstić information content (AvgIpc) is 3.42. The molecule has 1 aromatic carbocycles. The van der Waals surface area contributed by atoms with Gasteiger partial charge in [0.1, 0.15) is 5.82 Å². The van der Waals surface area contributed by atoms with E-state index in [9.17, 15) is 9.18 Å². The lowest BCUT2D eigenvalue weighted by atomic mass is 10.2. The summed E-state index contributed by atoms with van der Waals surface area (Å²) < 4.78 is 14.8. The lowest BCUT2D eigenvalue weighted by molar-refractivity contribution is -0.127. The van der Waals surface area contributed by atoms with Gasteiger partial charge in [-0.05, 0) is 56.3 Å². The molecule has 10 heteroatoms. The fourth-order valence-corrected chi connectivity index (χ4v) is 3.59. The van der Waals surface area contributed by atoms with E-state index < -0.39 is 0 Å². The molecule has 0 bridgehead atoms. The Kier molecular flexibility index (Phi) is 10.4. The number of hydrogen-bond acceptors (Lipinski definition) is 4. The molecule has 0 aliphatic carbocycles. The Morgan fingerprint density at radius 2 is 2.00 bits per heavy atom. The first-order chi connectivity index (χ1) is 15.0. The van der Waals surface area contributed by atoms with Crippen LogP contribution in [-0.4, -0.2) is 77.8 Å². The number of amides is 1. The molecule has 1 atom stereocenters. The maximum Gasteiger partial charge on any atom is 0.241 e. The van der Waals surface area contributed by atoms with Gasteiger partial charge in [0.2, 0.25) is 5.91 Å². The number of hydrogen-bond donors (Lipinski definition) is 2. The molecule has 1 aliphatic heterocycles. The number of nitrogens with zero attached hydrogens (tertiary/aromatic N) is 5. The standard InChI is InChI=1S/C22H32FN7O.HI/c1-4-29-12-5-6-20(29)15-25-22(26-16-21(31)28(2)3)24-14-18-11-13-30(27-18)19-9-7-17(23)8-10-19;/h7-11,13,20H,4-6,12,14-16H2,1-3H3,(H2,24,25,26);1H. The quantitative estimate of drug-likeness (QED) is 0.296. The summed E-state index contributed by atoms with van der Waals surface area (Å²) in [5.41, 5.74) is 1.56. The van der Waals surface area contributed by atoms with Crippen molar-refractivity contribution < 1.29 is 9.18 Å². The van der Waals surface area contributed by atoms with Crippen molar-refractivity contribution in [3.05, 3.63) is 48.0 Å². The normalized spacial score (nSPS) is 16.5. The van der Waals surface area contributed by atoms with E-state index in [1.807, 2.05) is 12.3 Å². The number of likely N-dealkylation sites (N-methyl/N-ethyl adjacent to an activating group) is 2. The van der Waals surface area contributed by atoms with E-state index in [0.29, 0.717) is 18.5 Å². The van der Waals surface area contributed by atoms with Gasteiger partial charge in [0.25, 0.3) is 0 Å². The van der Waals surface area contributed by atoms with Crippen LogP contribution in [-0.2, 0) is 11.3 Å². The Bertz CT molecular complexity index is 885.